The number of para-hydroxylation sites is 1. The van der Waals surface area contributed by atoms with Gasteiger partial charge in [0.2, 0.25) is 0 Å². The Labute approximate surface area is 127 Å². The van der Waals surface area contributed by atoms with Crippen LogP contribution in [-0.4, -0.2) is 20.2 Å². The van der Waals surface area contributed by atoms with Gasteiger partial charge in [-0.15, -0.1) is 5.10 Å². The summed E-state index contributed by atoms with van der Waals surface area (Å²) in [4.78, 5) is 0. The molecular formula is C15H14ClN5. The van der Waals surface area contributed by atoms with Gasteiger partial charge in [0.15, 0.2) is 5.82 Å². The number of tetrazole rings is 1. The van der Waals surface area contributed by atoms with Crippen molar-refractivity contribution in [3.63, 3.8) is 0 Å². The van der Waals surface area contributed by atoms with E-state index in [1.807, 2.05) is 55.5 Å². The van der Waals surface area contributed by atoms with Crippen LogP contribution in [0.5, 0.6) is 0 Å². The number of nitrogens with zero attached hydrogens (tertiary/aromatic N) is 4. The number of nitrogen functional groups attached to an aromatic ring is 1. The Kier molecular flexibility index (Phi) is 3.58. The lowest BCUT2D eigenvalue weighted by Gasteiger charge is -2.15. The van der Waals surface area contributed by atoms with Crippen LogP contribution in [0.15, 0.2) is 48.5 Å². The van der Waals surface area contributed by atoms with Gasteiger partial charge in [0.25, 0.3) is 0 Å². The van der Waals surface area contributed by atoms with Crippen molar-refractivity contribution in [2.24, 2.45) is 0 Å². The molecule has 3 aromatic rings. The summed E-state index contributed by atoms with van der Waals surface area (Å²) in [6.07, 6.45) is 0. The zero-order valence-electron chi connectivity index (χ0n) is 11.4. The fourth-order valence-electron chi connectivity index (χ4n) is 2.28. The van der Waals surface area contributed by atoms with Crippen LogP contribution in [-0.2, 0) is 0 Å². The third-order valence-electron chi connectivity index (χ3n) is 3.42. The van der Waals surface area contributed by atoms with Crippen molar-refractivity contribution in [3.05, 3.63) is 59.1 Å². The van der Waals surface area contributed by atoms with Crippen molar-refractivity contribution in [2.45, 2.75) is 13.0 Å². The summed E-state index contributed by atoms with van der Waals surface area (Å²) < 4.78 is 1.73. The second kappa shape index (κ2) is 5.54. The fourth-order valence-corrected chi connectivity index (χ4v) is 2.57. The monoisotopic (exact) mass is 299 g/mol. The quantitative estimate of drug-likeness (QED) is 0.754. The molecule has 1 unspecified atom stereocenters. The number of nitrogens with two attached hydrogens (primary N) is 1. The van der Waals surface area contributed by atoms with Gasteiger partial charge in [-0.3, -0.25) is 0 Å². The fraction of sp³-hybridized carbons (Fsp3) is 0.133. The van der Waals surface area contributed by atoms with Crippen molar-refractivity contribution >= 4 is 17.3 Å². The maximum atomic E-state index is 6.26. The Morgan fingerprint density at radius 3 is 2.57 bits per heavy atom. The van der Waals surface area contributed by atoms with E-state index < -0.39 is 0 Å². The number of hydrogen-bond acceptors (Lipinski definition) is 4. The van der Waals surface area contributed by atoms with Crippen molar-refractivity contribution in [1.82, 2.24) is 20.2 Å². The maximum absolute atomic E-state index is 6.26. The van der Waals surface area contributed by atoms with Crippen LogP contribution in [0, 0.1) is 0 Å². The highest BCUT2D eigenvalue weighted by Gasteiger charge is 2.19. The number of rotatable bonds is 3. The molecule has 0 saturated heterocycles. The molecule has 3 rings (SSSR count). The molecule has 0 bridgehead atoms. The lowest BCUT2D eigenvalue weighted by atomic mass is 10.1. The summed E-state index contributed by atoms with van der Waals surface area (Å²) >= 11 is 6.26. The molecule has 106 valence electrons. The molecule has 21 heavy (non-hydrogen) atoms. The molecule has 0 aliphatic carbocycles. The minimum absolute atomic E-state index is 0.0942. The van der Waals surface area contributed by atoms with Crippen LogP contribution in [0.3, 0.4) is 0 Å². The Balaban J connectivity index is 2.08. The summed E-state index contributed by atoms with van der Waals surface area (Å²) in [6, 6.07) is 15.1. The number of halogens is 1. The summed E-state index contributed by atoms with van der Waals surface area (Å²) in [7, 11) is 0. The van der Waals surface area contributed by atoms with Gasteiger partial charge in [-0.05, 0) is 41.1 Å². The van der Waals surface area contributed by atoms with Crippen LogP contribution in [0.1, 0.15) is 18.5 Å². The molecule has 0 amide bonds. The molecule has 1 aromatic heterocycles. The highest BCUT2D eigenvalue weighted by Crippen LogP contribution is 2.30. The first kappa shape index (κ1) is 13.6. The Hall–Kier alpha value is -2.40. The van der Waals surface area contributed by atoms with Crippen molar-refractivity contribution in [1.29, 1.82) is 0 Å². The summed E-state index contributed by atoms with van der Waals surface area (Å²) in [5.41, 5.74) is 8.42. The van der Waals surface area contributed by atoms with E-state index in [-0.39, 0.29) is 6.04 Å². The van der Waals surface area contributed by atoms with Crippen molar-refractivity contribution in [2.75, 3.05) is 5.73 Å². The van der Waals surface area contributed by atoms with Gasteiger partial charge >= 0.3 is 0 Å². The normalized spacial score (nSPS) is 12.3. The van der Waals surface area contributed by atoms with Crippen LogP contribution < -0.4 is 5.73 Å². The number of anilines is 1. The van der Waals surface area contributed by atoms with E-state index >= 15 is 0 Å². The maximum Gasteiger partial charge on any atom is 0.184 e. The molecule has 2 N–H and O–H groups in total. The molecule has 5 nitrogen and oxygen atoms in total. The Morgan fingerprint density at radius 1 is 1.10 bits per heavy atom. The van der Waals surface area contributed by atoms with E-state index in [1.165, 1.54) is 0 Å². The summed E-state index contributed by atoms with van der Waals surface area (Å²) in [5, 5.41) is 12.7. The molecular weight excluding hydrogens is 286 g/mol. The van der Waals surface area contributed by atoms with Crippen molar-refractivity contribution < 1.29 is 0 Å². The molecule has 0 fully saturated rings. The van der Waals surface area contributed by atoms with E-state index in [9.17, 15) is 0 Å². The largest absolute Gasteiger partial charge is 0.398 e. The van der Waals surface area contributed by atoms with Crippen molar-refractivity contribution in [3.8, 4) is 11.4 Å². The number of benzene rings is 2. The van der Waals surface area contributed by atoms with E-state index in [0.29, 0.717) is 16.5 Å². The smallest absolute Gasteiger partial charge is 0.184 e. The standard InChI is InChI=1S/C15H14ClN5/c1-10(11-6-2-4-8-13(11)16)21-15(18-19-20-21)12-7-3-5-9-14(12)17/h2-10H,17H2,1H3. The average Bonchev–Trinajstić information content (AvgIpc) is 2.97. The first-order chi connectivity index (χ1) is 10.2. The molecule has 0 spiro atoms. The third-order valence-corrected chi connectivity index (χ3v) is 3.76. The SMILES string of the molecule is CC(c1ccccc1Cl)n1nnnc1-c1ccccc1N. The Morgan fingerprint density at radius 2 is 1.81 bits per heavy atom. The van der Waals surface area contributed by atoms with Crippen LogP contribution in [0.4, 0.5) is 5.69 Å². The predicted octanol–water partition coefficient (Wildman–Crippen LogP) is 3.19. The molecule has 0 aliphatic rings. The zero-order valence-corrected chi connectivity index (χ0v) is 12.2. The van der Waals surface area contributed by atoms with Crippen LogP contribution in [0.25, 0.3) is 11.4 Å². The highest BCUT2D eigenvalue weighted by atomic mass is 35.5. The summed E-state index contributed by atoms with van der Waals surface area (Å²) in [6.45, 7) is 2.00. The van der Waals surface area contributed by atoms with E-state index in [2.05, 4.69) is 15.5 Å². The molecule has 0 radical (unpaired) electrons. The van der Waals surface area contributed by atoms with Crippen LogP contribution >= 0.6 is 11.6 Å². The van der Waals surface area contributed by atoms with Crippen LogP contribution in [0.2, 0.25) is 5.02 Å². The highest BCUT2D eigenvalue weighted by molar-refractivity contribution is 6.31. The molecule has 1 heterocycles. The van der Waals surface area contributed by atoms with Gasteiger partial charge in [0.05, 0.1) is 6.04 Å². The lowest BCUT2D eigenvalue weighted by Crippen LogP contribution is -2.11. The van der Waals surface area contributed by atoms with Gasteiger partial charge < -0.3 is 5.73 Å². The molecule has 2 aromatic carbocycles. The number of aromatic nitrogens is 4. The lowest BCUT2D eigenvalue weighted by molar-refractivity contribution is 0.548. The van der Waals surface area contributed by atoms with Gasteiger partial charge in [-0.2, -0.15) is 0 Å². The predicted molar refractivity (Wildman–Crippen MR) is 82.9 cm³/mol. The topological polar surface area (TPSA) is 69.6 Å². The first-order valence-corrected chi connectivity index (χ1v) is 6.93. The zero-order chi connectivity index (χ0) is 14.8. The van der Waals surface area contributed by atoms with E-state index in [1.54, 1.807) is 4.68 Å². The summed E-state index contributed by atoms with van der Waals surface area (Å²) in [5.74, 6) is 0.625. The number of hydrogen-bond donors (Lipinski definition) is 1. The third kappa shape index (κ3) is 2.48. The second-order valence-corrected chi connectivity index (χ2v) is 5.14. The second-order valence-electron chi connectivity index (χ2n) is 4.73. The van der Waals surface area contributed by atoms with E-state index in [0.717, 1.165) is 11.1 Å². The van der Waals surface area contributed by atoms with Gasteiger partial charge in [0.1, 0.15) is 0 Å². The molecule has 0 saturated carbocycles. The molecule has 0 aliphatic heterocycles. The van der Waals surface area contributed by atoms with Gasteiger partial charge in [-0.25, -0.2) is 4.68 Å². The average molecular weight is 300 g/mol. The van der Waals surface area contributed by atoms with Gasteiger partial charge in [-0.1, -0.05) is 41.9 Å². The first-order valence-electron chi connectivity index (χ1n) is 6.55. The van der Waals surface area contributed by atoms with Gasteiger partial charge in [0, 0.05) is 16.3 Å². The molecule has 1 atom stereocenters. The van der Waals surface area contributed by atoms with E-state index in [4.69, 9.17) is 17.3 Å². The minimum atomic E-state index is -0.0942. The Bertz CT molecular complexity index is 768. The molecule has 6 heteroatoms. The minimum Gasteiger partial charge on any atom is -0.398 e.